The third-order valence-corrected chi connectivity index (χ3v) is 4.60. The Balaban J connectivity index is 1.86. The summed E-state index contributed by atoms with van der Waals surface area (Å²) in [7, 11) is 0. The smallest absolute Gasteiger partial charge is 0.251 e. The van der Waals surface area contributed by atoms with Gasteiger partial charge in [0.2, 0.25) is 0 Å². The molecule has 27 heavy (non-hydrogen) atoms. The summed E-state index contributed by atoms with van der Waals surface area (Å²) in [6.07, 6.45) is 1.78. The van der Waals surface area contributed by atoms with Gasteiger partial charge in [0, 0.05) is 17.5 Å². The molecule has 0 aliphatic rings. The molecule has 1 amide bonds. The van der Waals surface area contributed by atoms with Crippen LogP contribution in [0, 0.1) is 13.8 Å². The van der Waals surface area contributed by atoms with Crippen LogP contribution in [0.2, 0.25) is 0 Å². The molecule has 2 aromatic carbocycles. The van der Waals surface area contributed by atoms with Gasteiger partial charge in [0.15, 0.2) is 0 Å². The molecule has 1 heterocycles. The number of aryl methyl sites for hydroxylation is 2. The van der Waals surface area contributed by atoms with Crippen molar-refractivity contribution in [1.82, 2.24) is 10.3 Å². The SMILES string of the molecule is Cc1ccc(-c2cc(CO)cc(C(=O)N[C@H](C)c3ccc(C)nc3)c2)cc1. The van der Waals surface area contributed by atoms with Gasteiger partial charge >= 0.3 is 0 Å². The maximum atomic E-state index is 12.8. The number of hydrogen-bond acceptors (Lipinski definition) is 3. The zero-order chi connectivity index (χ0) is 19.4. The highest BCUT2D eigenvalue weighted by molar-refractivity contribution is 5.96. The molecule has 3 rings (SSSR count). The predicted octanol–water partition coefficient (Wildman–Crippen LogP) is 4.35. The van der Waals surface area contributed by atoms with Gasteiger partial charge in [0.1, 0.15) is 0 Å². The summed E-state index contributed by atoms with van der Waals surface area (Å²) < 4.78 is 0. The Bertz CT molecular complexity index is 932. The van der Waals surface area contributed by atoms with E-state index in [4.69, 9.17) is 0 Å². The quantitative estimate of drug-likeness (QED) is 0.711. The molecule has 0 aliphatic heterocycles. The monoisotopic (exact) mass is 360 g/mol. The van der Waals surface area contributed by atoms with E-state index in [0.29, 0.717) is 11.1 Å². The Kier molecular flexibility index (Phi) is 5.67. The first-order valence-corrected chi connectivity index (χ1v) is 9.01. The van der Waals surface area contributed by atoms with Gasteiger partial charge in [-0.3, -0.25) is 9.78 Å². The Morgan fingerprint density at radius 1 is 1.04 bits per heavy atom. The van der Waals surface area contributed by atoms with E-state index in [9.17, 15) is 9.90 Å². The van der Waals surface area contributed by atoms with E-state index >= 15 is 0 Å². The molecule has 3 aromatic rings. The van der Waals surface area contributed by atoms with Gasteiger partial charge in [0.05, 0.1) is 12.6 Å². The van der Waals surface area contributed by atoms with Crippen LogP contribution in [0.25, 0.3) is 11.1 Å². The molecule has 0 bridgehead atoms. The molecule has 4 nitrogen and oxygen atoms in total. The lowest BCUT2D eigenvalue weighted by Crippen LogP contribution is -2.26. The number of aliphatic hydroxyl groups is 1. The molecule has 0 aliphatic carbocycles. The lowest BCUT2D eigenvalue weighted by molar-refractivity contribution is 0.0939. The van der Waals surface area contributed by atoms with Gasteiger partial charge in [-0.15, -0.1) is 0 Å². The van der Waals surface area contributed by atoms with Crippen LogP contribution in [0.4, 0.5) is 0 Å². The zero-order valence-corrected chi connectivity index (χ0v) is 15.9. The maximum absolute atomic E-state index is 12.8. The van der Waals surface area contributed by atoms with Gasteiger partial charge in [-0.1, -0.05) is 35.9 Å². The van der Waals surface area contributed by atoms with Gasteiger partial charge in [-0.05, 0) is 67.3 Å². The third kappa shape index (κ3) is 4.60. The van der Waals surface area contributed by atoms with Crippen molar-refractivity contribution in [3.8, 4) is 11.1 Å². The summed E-state index contributed by atoms with van der Waals surface area (Å²) in [5.74, 6) is -0.174. The van der Waals surface area contributed by atoms with Crippen LogP contribution < -0.4 is 5.32 Å². The molecule has 1 aromatic heterocycles. The number of benzene rings is 2. The molecular weight excluding hydrogens is 336 g/mol. The van der Waals surface area contributed by atoms with Crippen molar-refractivity contribution in [3.63, 3.8) is 0 Å². The van der Waals surface area contributed by atoms with Crippen molar-refractivity contribution in [3.05, 3.63) is 88.7 Å². The molecule has 0 fully saturated rings. The lowest BCUT2D eigenvalue weighted by atomic mass is 9.98. The number of aromatic nitrogens is 1. The fourth-order valence-electron chi connectivity index (χ4n) is 2.93. The molecule has 0 spiro atoms. The van der Waals surface area contributed by atoms with Crippen molar-refractivity contribution in [2.24, 2.45) is 0 Å². The van der Waals surface area contributed by atoms with Crippen LogP contribution in [0.5, 0.6) is 0 Å². The average molecular weight is 360 g/mol. The fraction of sp³-hybridized carbons (Fsp3) is 0.217. The third-order valence-electron chi connectivity index (χ3n) is 4.60. The summed E-state index contributed by atoms with van der Waals surface area (Å²) >= 11 is 0. The predicted molar refractivity (Wildman–Crippen MR) is 107 cm³/mol. The van der Waals surface area contributed by atoms with E-state index in [1.165, 1.54) is 5.56 Å². The number of nitrogens with zero attached hydrogens (tertiary/aromatic N) is 1. The van der Waals surface area contributed by atoms with Gasteiger partial charge in [-0.25, -0.2) is 0 Å². The van der Waals surface area contributed by atoms with Gasteiger partial charge in [-0.2, -0.15) is 0 Å². The van der Waals surface area contributed by atoms with Crippen LogP contribution in [-0.4, -0.2) is 16.0 Å². The van der Waals surface area contributed by atoms with Crippen molar-refractivity contribution in [2.75, 3.05) is 0 Å². The first-order chi connectivity index (χ1) is 13.0. The maximum Gasteiger partial charge on any atom is 0.251 e. The van der Waals surface area contributed by atoms with E-state index in [2.05, 4.69) is 10.3 Å². The minimum atomic E-state index is -0.174. The Labute approximate surface area is 159 Å². The lowest BCUT2D eigenvalue weighted by Gasteiger charge is -2.15. The normalized spacial score (nSPS) is 11.9. The van der Waals surface area contributed by atoms with Gasteiger partial charge < -0.3 is 10.4 Å². The van der Waals surface area contributed by atoms with Crippen LogP contribution in [-0.2, 0) is 6.61 Å². The van der Waals surface area contributed by atoms with E-state index in [1.807, 2.05) is 69.3 Å². The van der Waals surface area contributed by atoms with Crippen molar-refractivity contribution < 1.29 is 9.90 Å². The Hall–Kier alpha value is -2.98. The highest BCUT2D eigenvalue weighted by Gasteiger charge is 2.14. The Morgan fingerprint density at radius 2 is 1.78 bits per heavy atom. The van der Waals surface area contributed by atoms with E-state index < -0.39 is 0 Å². The topological polar surface area (TPSA) is 62.2 Å². The van der Waals surface area contributed by atoms with Crippen LogP contribution in [0.3, 0.4) is 0 Å². The van der Waals surface area contributed by atoms with Crippen molar-refractivity contribution in [2.45, 2.75) is 33.4 Å². The fourth-order valence-corrected chi connectivity index (χ4v) is 2.93. The summed E-state index contributed by atoms with van der Waals surface area (Å²) in [4.78, 5) is 17.1. The Morgan fingerprint density at radius 3 is 2.41 bits per heavy atom. The summed E-state index contributed by atoms with van der Waals surface area (Å²) in [6, 6.07) is 17.4. The molecule has 0 unspecified atom stereocenters. The van der Waals surface area contributed by atoms with Crippen molar-refractivity contribution >= 4 is 5.91 Å². The molecular formula is C23H24N2O2. The number of rotatable bonds is 5. The van der Waals surface area contributed by atoms with E-state index in [-0.39, 0.29) is 18.6 Å². The number of carbonyl (C=O) groups is 1. The summed E-state index contributed by atoms with van der Waals surface area (Å²) in [5.41, 5.74) is 6.24. The first kappa shape index (κ1) is 18.8. The second kappa shape index (κ2) is 8.14. The standard InChI is InChI=1S/C23H24N2O2/c1-15-4-7-19(8-5-15)21-10-18(14-26)11-22(12-21)23(27)25-17(3)20-9-6-16(2)24-13-20/h4-13,17,26H,14H2,1-3H3,(H,25,27)/t17-/m1/s1. The number of amides is 1. The number of hydrogen-bond donors (Lipinski definition) is 2. The van der Waals surface area contributed by atoms with E-state index in [0.717, 1.165) is 22.4 Å². The summed E-state index contributed by atoms with van der Waals surface area (Å²) in [5, 5.41) is 12.6. The number of aliphatic hydroxyl groups excluding tert-OH is 1. The number of carbonyl (C=O) groups excluding carboxylic acids is 1. The molecule has 0 radical (unpaired) electrons. The number of nitrogens with one attached hydrogen (secondary N) is 1. The molecule has 1 atom stereocenters. The van der Waals surface area contributed by atoms with Crippen molar-refractivity contribution in [1.29, 1.82) is 0 Å². The number of pyridine rings is 1. The highest BCUT2D eigenvalue weighted by atomic mass is 16.3. The highest BCUT2D eigenvalue weighted by Crippen LogP contribution is 2.24. The minimum absolute atomic E-state index is 0.114. The second-order valence-corrected chi connectivity index (χ2v) is 6.87. The molecule has 2 N–H and O–H groups in total. The second-order valence-electron chi connectivity index (χ2n) is 6.87. The average Bonchev–Trinajstić information content (AvgIpc) is 2.68. The van der Waals surface area contributed by atoms with Gasteiger partial charge in [0.25, 0.3) is 5.91 Å². The molecule has 0 saturated carbocycles. The van der Waals surface area contributed by atoms with E-state index in [1.54, 1.807) is 12.3 Å². The zero-order valence-electron chi connectivity index (χ0n) is 15.9. The molecule has 138 valence electrons. The molecule has 0 saturated heterocycles. The van der Waals surface area contributed by atoms with Crippen LogP contribution >= 0.6 is 0 Å². The molecule has 4 heteroatoms. The first-order valence-electron chi connectivity index (χ1n) is 9.01. The van der Waals surface area contributed by atoms with Crippen LogP contribution in [0.15, 0.2) is 60.8 Å². The minimum Gasteiger partial charge on any atom is -0.392 e. The van der Waals surface area contributed by atoms with Crippen LogP contribution in [0.1, 0.15) is 45.7 Å². The summed E-state index contributed by atoms with van der Waals surface area (Å²) in [6.45, 7) is 5.78. The largest absolute Gasteiger partial charge is 0.392 e.